The third kappa shape index (κ3) is 4.56. The summed E-state index contributed by atoms with van der Waals surface area (Å²) in [5.74, 6) is -0.588. The number of likely N-dealkylation sites (tertiary alicyclic amines) is 1. The topological polar surface area (TPSA) is 55.8 Å². The molecule has 1 fully saturated rings. The van der Waals surface area contributed by atoms with Crippen molar-refractivity contribution in [1.82, 2.24) is 4.90 Å². The molecule has 0 N–H and O–H groups in total. The molecule has 1 amide bonds. The summed E-state index contributed by atoms with van der Waals surface area (Å²) in [5, 5.41) is 0. The zero-order chi connectivity index (χ0) is 15.8. The van der Waals surface area contributed by atoms with Crippen molar-refractivity contribution in [3.05, 3.63) is 35.4 Å². The number of carbonyl (C=O) groups excluding carboxylic acids is 2. The van der Waals surface area contributed by atoms with Gasteiger partial charge < -0.3 is 14.4 Å². The molecule has 0 aromatic heterocycles. The van der Waals surface area contributed by atoms with Gasteiger partial charge in [-0.05, 0) is 24.5 Å². The van der Waals surface area contributed by atoms with Crippen LogP contribution in [-0.4, -0.2) is 43.6 Å². The van der Waals surface area contributed by atoms with Crippen molar-refractivity contribution in [3.63, 3.8) is 0 Å². The summed E-state index contributed by atoms with van der Waals surface area (Å²) in [6, 6.07) is 7.11. The lowest BCUT2D eigenvalue weighted by Gasteiger charge is -2.20. The number of ether oxygens (including phenoxy) is 2. The molecule has 5 heteroatoms. The van der Waals surface area contributed by atoms with Crippen LogP contribution in [0, 0.1) is 0 Å². The van der Waals surface area contributed by atoms with Crippen LogP contribution in [-0.2, 0) is 20.9 Å². The number of rotatable bonds is 5. The summed E-state index contributed by atoms with van der Waals surface area (Å²) >= 11 is 0. The van der Waals surface area contributed by atoms with E-state index >= 15 is 0 Å². The van der Waals surface area contributed by atoms with E-state index in [0.717, 1.165) is 44.3 Å². The van der Waals surface area contributed by atoms with Gasteiger partial charge in [0, 0.05) is 20.2 Å². The number of methoxy groups -OCH3 is 1. The van der Waals surface area contributed by atoms with E-state index in [1.807, 2.05) is 12.1 Å². The van der Waals surface area contributed by atoms with Crippen molar-refractivity contribution < 1.29 is 19.1 Å². The Morgan fingerprint density at radius 3 is 2.45 bits per heavy atom. The van der Waals surface area contributed by atoms with E-state index in [9.17, 15) is 9.59 Å². The fourth-order valence-corrected chi connectivity index (χ4v) is 2.62. The maximum absolute atomic E-state index is 12.1. The number of carbonyl (C=O) groups is 2. The van der Waals surface area contributed by atoms with E-state index < -0.39 is 5.97 Å². The summed E-state index contributed by atoms with van der Waals surface area (Å²) < 4.78 is 10.3. The predicted molar refractivity (Wildman–Crippen MR) is 82.5 cm³/mol. The number of esters is 1. The van der Waals surface area contributed by atoms with Gasteiger partial charge in [0.2, 0.25) is 0 Å². The molecule has 1 aromatic rings. The van der Waals surface area contributed by atoms with Gasteiger partial charge in [0.25, 0.3) is 5.91 Å². The first-order valence-corrected chi connectivity index (χ1v) is 7.74. The Morgan fingerprint density at radius 2 is 1.77 bits per heavy atom. The molecule has 0 atom stereocenters. The molecule has 0 aliphatic carbocycles. The highest BCUT2D eigenvalue weighted by Crippen LogP contribution is 2.13. The van der Waals surface area contributed by atoms with Gasteiger partial charge in [-0.2, -0.15) is 0 Å². The molecule has 0 spiro atoms. The van der Waals surface area contributed by atoms with Crippen molar-refractivity contribution in [2.24, 2.45) is 0 Å². The van der Waals surface area contributed by atoms with Gasteiger partial charge in [0.1, 0.15) is 0 Å². The first kappa shape index (κ1) is 16.5. The van der Waals surface area contributed by atoms with Gasteiger partial charge in [-0.15, -0.1) is 0 Å². The Balaban J connectivity index is 1.90. The van der Waals surface area contributed by atoms with Gasteiger partial charge in [-0.3, -0.25) is 4.79 Å². The van der Waals surface area contributed by atoms with Crippen molar-refractivity contribution >= 4 is 11.9 Å². The zero-order valence-corrected chi connectivity index (χ0v) is 13.0. The van der Waals surface area contributed by atoms with Crippen LogP contribution < -0.4 is 0 Å². The Labute approximate surface area is 131 Å². The van der Waals surface area contributed by atoms with Crippen molar-refractivity contribution in [2.75, 3.05) is 26.8 Å². The molecule has 1 aliphatic heterocycles. The predicted octanol–water partition coefficient (Wildman–Crippen LogP) is 2.39. The summed E-state index contributed by atoms with van der Waals surface area (Å²) in [6.45, 7) is 1.67. The molecule has 5 nitrogen and oxygen atoms in total. The first-order valence-electron chi connectivity index (χ1n) is 7.74. The molecule has 1 aromatic carbocycles. The van der Waals surface area contributed by atoms with E-state index in [-0.39, 0.29) is 12.5 Å². The SMILES string of the molecule is COCc1ccccc1C(=O)OCC(=O)N1CCCCCC1. The van der Waals surface area contributed by atoms with Gasteiger partial charge in [-0.1, -0.05) is 31.0 Å². The zero-order valence-electron chi connectivity index (χ0n) is 13.0. The van der Waals surface area contributed by atoms with Gasteiger partial charge in [0.05, 0.1) is 12.2 Å². The Morgan fingerprint density at radius 1 is 1.09 bits per heavy atom. The molecule has 1 aliphatic rings. The smallest absolute Gasteiger partial charge is 0.339 e. The van der Waals surface area contributed by atoms with Crippen LogP contribution in [0.4, 0.5) is 0 Å². The van der Waals surface area contributed by atoms with Crippen molar-refractivity contribution in [2.45, 2.75) is 32.3 Å². The second-order valence-corrected chi connectivity index (χ2v) is 5.46. The van der Waals surface area contributed by atoms with Crippen LogP contribution >= 0.6 is 0 Å². The highest BCUT2D eigenvalue weighted by molar-refractivity contribution is 5.92. The van der Waals surface area contributed by atoms with Gasteiger partial charge >= 0.3 is 5.97 Å². The summed E-state index contributed by atoms with van der Waals surface area (Å²) in [4.78, 5) is 26.1. The molecule has 0 unspecified atom stereocenters. The standard InChI is InChI=1S/C17H23NO4/c1-21-12-14-8-4-5-9-15(14)17(20)22-13-16(19)18-10-6-2-3-7-11-18/h4-5,8-9H,2-3,6-7,10-13H2,1H3. The molecular formula is C17H23NO4. The molecule has 2 rings (SSSR count). The first-order chi connectivity index (χ1) is 10.7. The number of benzene rings is 1. The van der Waals surface area contributed by atoms with Crippen LogP contribution in [0.25, 0.3) is 0 Å². The fourth-order valence-electron chi connectivity index (χ4n) is 2.62. The molecule has 1 saturated heterocycles. The van der Waals surface area contributed by atoms with Crippen LogP contribution in [0.3, 0.4) is 0 Å². The molecular weight excluding hydrogens is 282 g/mol. The lowest BCUT2D eigenvalue weighted by Crippen LogP contribution is -2.35. The summed E-state index contributed by atoms with van der Waals surface area (Å²) in [6.07, 6.45) is 4.37. The quantitative estimate of drug-likeness (QED) is 0.784. The molecule has 22 heavy (non-hydrogen) atoms. The largest absolute Gasteiger partial charge is 0.452 e. The van der Waals surface area contributed by atoms with Crippen LogP contribution in [0.2, 0.25) is 0 Å². The van der Waals surface area contributed by atoms with Crippen LogP contribution in [0.5, 0.6) is 0 Å². The van der Waals surface area contributed by atoms with E-state index in [0.29, 0.717) is 12.2 Å². The van der Waals surface area contributed by atoms with E-state index in [2.05, 4.69) is 0 Å². The van der Waals surface area contributed by atoms with E-state index in [1.54, 1.807) is 24.1 Å². The number of hydrogen-bond acceptors (Lipinski definition) is 4. The maximum Gasteiger partial charge on any atom is 0.339 e. The molecule has 120 valence electrons. The number of hydrogen-bond donors (Lipinski definition) is 0. The molecule has 1 heterocycles. The average molecular weight is 305 g/mol. The average Bonchev–Trinajstić information content (AvgIpc) is 2.82. The second-order valence-electron chi connectivity index (χ2n) is 5.46. The normalized spacial score (nSPS) is 15.2. The fraction of sp³-hybridized carbons (Fsp3) is 0.529. The number of amides is 1. The van der Waals surface area contributed by atoms with E-state index in [4.69, 9.17) is 9.47 Å². The summed E-state index contributed by atoms with van der Waals surface area (Å²) in [5.41, 5.74) is 1.21. The molecule has 0 bridgehead atoms. The minimum atomic E-state index is -0.476. The summed E-state index contributed by atoms with van der Waals surface area (Å²) in [7, 11) is 1.57. The minimum absolute atomic E-state index is 0.112. The Kier molecular flexibility index (Phi) is 6.40. The lowest BCUT2D eigenvalue weighted by molar-refractivity contribution is -0.134. The van der Waals surface area contributed by atoms with Crippen molar-refractivity contribution in [3.8, 4) is 0 Å². The third-order valence-electron chi connectivity index (χ3n) is 3.82. The monoisotopic (exact) mass is 305 g/mol. The highest BCUT2D eigenvalue weighted by atomic mass is 16.5. The van der Waals surface area contributed by atoms with Crippen LogP contribution in [0.1, 0.15) is 41.6 Å². The van der Waals surface area contributed by atoms with E-state index in [1.165, 1.54) is 0 Å². The minimum Gasteiger partial charge on any atom is -0.452 e. The van der Waals surface area contributed by atoms with Crippen molar-refractivity contribution in [1.29, 1.82) is 0 Å². The Bertz CT molecular complexity index is 507. The lowest BCUT2D eigenvalue weighted by atomic mass is 10.1. The Hall–Kier alpha value is -1.88. The molecule has 0 radical (unpaired) electrons. The maximum atomic E-state index is 12.1. The number of nitrogens with zero attached hydrogens (tertiary/aromatic N) is 1. The molecule has 0 saturated carbocycles. The second kappa shape index (κ2) is 8.54. The van der Waals surface area contributed by atoms with Crippen LogP contribution in [0.15, 0.2) is 24.3 Å². The van der Waals surface area contributed by atoms with Gasteiger partial charge in [-0.25, -0.2) is 4.79 Å². The van der Waals surface area contributed by atoms with Gasteiger partial charge in [0.15, 0.2) is 6.61 Å². The third-order valence-corrected chi connectivity index (χ3v) is 3.82. The highest BCUT2D eigenvalue weighted by Gasteiger charge is 2.18.